The Hall–Kier alpha value is -1.57. The molecule has 2 aliphatic heterocycles. The van der Waals surface area contributed by atoms with Gasteiger partial charge in [0.05, 0.1) is 37.1 Å². The Morgan fingerprint density at radius 3 is 2.46 bits per heavy atom. The minimum Gasteiger partial charge on any atom is -0.493 e. The highest BCUT2D eigenvalue weighted by Crippen LogP contribution is 2.36. The molecular weight excluding hydrogens is 335 g/mol. The first kappa shape index (κ1) is 19.2. The average Bonchev–Trinajstić information content (AvgIpc) is 3.18. The summed E-state index contributed by atoms with van der Waals surface area (Å²) in [5.41, 5.74) is 0.240. The Labute approximate surface area is 155 Å². The van der Waals surface area contributed by atoms with Crippen LogP contribution in [0.3, 0.4) is 0 Å². The van der Waals surface area contributed by atoms with Gasteiger partial charge in [0.15, 0.2) is 0 Å². The maximum absolute atomic E-state index is 12.1. The number of ether oxygens (including phenoxy) is 3. The number of rotatable bonds is 5. The van der Waals surface area contributed by atoms with Crippen molar-refractivity contribution in [3.63, 3.8) is 0 Å². The van der Waals surface area contributed by atoms with Crippen LogP contribution in [-0.4, -0.2) is 51.2 Å². The zero-order chi connectivity index (χ0) is 18.9. The Kier molecular flexibility index (Phi) is 5.33. The maximum Gasteiger partial charge on any atom is 0.494 e. The van der Waals surface area contributed by atoms with Gasteiger partial charge in [-0.3, -0.25) is 0 Å². The molecule has 0 bridgehead atoms. The summed E-state index contributed by atoms with van der Waals surface area (Å²) in [5, 5.41) is 0. The molecule has 2 aliphatic rings. The molecule has 0 aliphatic carbocycles. The first-order chi connectivity index (χ1) is 12.2. The van der Waals surface area contributed by atoms with Crippen molar-refractivity contribution < 1.29 is 28.3 Å². The Morgan fingerprint density at radius 2 is 1.88 bits per heavy atom. The van der Waals surface area contributed by atoms with E-state index in [1.165, 1.54) is 7.11 Å². The number of esters is 1. The summed E-state index contributed by atoms with van der Waals surface area (Å²) >= 11 is 0. The molecule has 2 saturated heterocycles. The van der Waals surface area contributed by atoms with Crippen LogP contribution in [0.2, 0.25) is 0 Å². The fourth-order valence-corrected chi connectivity index (χ4v) is 2.99. The Balaban J connectivity index is 1.84. The molecule has 3 rings (SSSR count). The average molecular weight is 362 g/mol. The van der Waals surface area contributed by atoms with E-state index in [1.807, 2.05) is 33.8 Å². The van der Waals surface area contributed by atoms with E-state index in [1.54, 1.807) is 12.1 Å². The summed E-state index contributed by atoms with van der Waals surface area (Å²) in [6.45, 7) is 10.0. The Bertz CT molecular complexity index is 650. The lowest BCUT2D eigenvalue weighted by molar-refractivity contribution is 0.00578. The number of benzene rings is 1. The van der Waals surface area contributed by atoms with Crippen LogP contribution in [-0.2, 0) is 18.8 Å². The van der Waals surface area contributed by atoms with Gasteiger partial charge in [0, 0.05) is 12.5 Å². The van der Waals surface area contributed by atoms with Gasteiger partial charge in [-0.25, -0.2) is 4.79 Å². The molecule has 2 fully saturated rings. The molecule has 0 spiro atoms. The van der Waals surface area contributed by atoms with Crippen LogP contribution in [0.25, 0.3) is 0 Å². The van der Waals surface area contributed by atoms with Crippen LogP contribution in [0.4, 0.5) is 0 Å². The van der Waals surface area contributed by atoms with Gasteiger partial charge < -0.3 is 23.5 Å². The molecule has 0 amide bonds. The topological polar surface area (TPSA) is 63.2 Å². The molecule has 0 radical (unpaired) electrons. The van der Waals surface area contributed by atoms with Crippen molar-refractivity contribution in [2.45, 2.75) is 45.3 Å². The maximum atomic E-state index is 12.1. The molecule has 0 unspecified atom stereocenters. The summed E-state index contributed by atoms with van der Waals surface area (Å²) in [7, 11) is 0.793. The molecule has 1 aromatic carbocycles. The zero-order valence-corrected chi connectivity index (χ0v) is 16.2. The molecule has 0 saturated carbocycles. The van der Waals surface area contributed by atoms with E-state index in [4.69, 9.17) is 23.5 Å². The molecule has 26 heavy (non-hydrogen) atoms. The highest BCUT2D eigenvalue weighted by molar-refractivity contribution is 6.62. The van der Waals surface area contributed by atoms with Crippen molar-refractivity contribution in [3.05, 3.63) is 23.8 Å². The van der Waals surface area contributed by atoms with E-state index in [0.717, 1.165) is 18.5 Å². The quantitative estimate of drug-likeness (QED) is 0.591. The SMILES string of the molecule is COC(=O)c1cc(OC[C@H]2CCOC2)cc(B2OC(C)(C)C(C)(C)O2)c1. The van der Waals surface area contributed by atoms with Gasteiger partial charge in [-0.1, -0.05) is 0 Å². The smallest absolute Gasteiger partial charge is 0.493 e. The number of hydrogen-bond acceptors (Lipinski definition) is 6. The van der Waals surface area contributed by atoms with Crippen molar-refractivity contribution >= 4 is 18.6 Å². The van der Waals surface area contributed by atoms with E-state index >= 15 is 0 Å². The van der Waals surface area contributed by atoms with E-state index in [2.05, 4.69) is 0 Å². The van der Waals surface area contributed by atoms with Crippen LogP contribution in [0.5, 0.6) is 5.75 Å². The molecule has 7 heteroatoms. The van der Waals surface area contributed by atoms with Gasteiger partial charge in [-0.15, -0.1) is 0 Å². The molecule has 1 aromatic rings. The van der Waals surface area contributed by atoms with Gasteiger partial charge >= 0.3 is 13.1 Å². The van der Waals surface area contributed by atoms with Crippen LogP contribution in [0.15, 0.2) is 18.2 Å². The minimum atomic E-state index is -0.568. The second-order valence-electron chi connectivity index (χ2n) is 7.91. The number of hydrogen-bond donors (Lipinski definition) is 0. The third kappa shape index (κ3) is 3.90. The summed E-state index contributed by atoms with van der Waals surface area (Å²) < 4.78 is 28.4. The standard InChI is InChI=1S/C19H27BO6/c1-18(2)19(3,4)26-20(25-18)15-8-14(17(21)22-5)9-16(10-15)24-12-13-6-7-23-11-13/h8-10,13H,6-7,11-12H2,1-5H3/t13-/m0/s1. The van der Waals surface area contributed by atoms with Gasteiger partial charge in [-0.05, 0) is 57.8 Å². The van der Waals surface area contributed by atoms with Crippen LogP contribution < -0.4 is 10.2 Å². The van der Waals surface area contributed by atoms with Crippen molar-refractivity contribution in [2.24, 2.45) is 5.92 Å². The fourth-order valence-electron chi connectivity index (χ4n) is 2.99. The number of carbonyl (C=O) groups is 1. The molecule has 1 atom stereocenters. The molecule has 0 aromatic heterocycles. The summed E-state index contributed by atoms with van der Waals surface area (Å²) in [5.74, 6) is 0.555. The molecular formula is C19H27BO6. The van der Waals surface area contributed by atoms with Crippen LogP contribution in [0, 0.1) is 5.92 Å². The monoisotopic (exact) mass is 362 g/mol. The van der Waals surface area contributed by atoms with Crippen LogP contribution >= 0.6 is 0 Å². The second-order valence-corrected chi connectivity index (χ2v) is 7.91. The van der Waals surface area contributed by atoms with E-state index < -0.39 is 24.3 Å². The van der Waals surface area contributed by atoms with E-state index in [9.17, 15) is 4.79 Å². The summed E-state index contributed by atoms with van der Waals surface area (Å²) in [6.07, 6.45) is 0.987. The molecule has 6 nitrogen and oxygen atoms in total. The fraction of sp³-hybridized carbons (Fsp3) is 0.632. The Morgan fingerprint density at radius 1 is 1.19 bits per heavy atom. The van der Waals surface area contributed by atoms with Crippen molar-refractivity contribution in [1.29, 1.82) is 0 Å². The normalized spacial score (nSPS) is 23.9. The van der Waals surface area contributed by atoms with Crippen LogP contribution in [0.1, 0.15) is 44.5 Å². The lowest BCUT2D eigenvalue weighted by Gasteiger charge is -2.32. The van der Waals surface area contributed by atoms with Crippen molar-refractivity contribution in [1.82, 2.24) is 0 Å². The number of methoxy groups -OCH3 is 1. The summed E-state index contributed by atoms with van der Waals surface area (Å²) in [6, 6.07) is 5.29. The third-order valence-electron chi connectivity index (χ3n) is 5.39. The minimum absolute atomic E-state index is 0.372. The van der Waals surface area contributed by atoms with Gasteiger partial charge in [-0.2, -0.15) is 0 Å². The lowest BCUT2D eigenvalue weighted by Crippen LogP contribution is -2.41. The van der Waals surface area contributed by atoms with Gasteiger partial charge in [0.2, 0.25) is 0 Å². The third-order valence-corrected chi connectivity index (χ3v) is 5.39. The molecule has 142 valence electrons. The predicted molar refractivity (Wildman–Crippen MR) is 97.9 cm³/mol. The van der Waals surface area contributed by atoms with Gasteiger partial charge in [0.1, 0.15) is 5.75 Å². The molecule has 2 heterocycles. The first-order valence-electron chi connectivity index (χ1n) is 9.01. The second kappa shape index (κ2) is 7.21. The highest BCUT2D eigenvalue weighted by atomic mass is 16.7. The zero-order valence-electron chi connectivity index (χ0n) is 16.2. The lowest BCUT2D eigenvalue weighted by atomic mass is 9.78. The summed E-state index contributed by atoms with van der Waals surface area (Å²) in [4.78, 5) is 12.1. The van der Waals surface area contributed by atoms with E-state index in [-0.39, 0.29) is 0 Å². The first-order valence-corrected chi connectivity index (χ1v) is 9.01. The van der Waals surface area contributed by atoms with E-state index in [0.29, 0.717) is 30.4 Å². The predicted octanol–water partition coefficient (Wildman–Crippen LogP) is 2.19. The largest absolute Gasteiger partial charge is 0.494 e. The van der Waals surface area contributed by atoms with Crippen molar-refractivity contribution in [3.8, 4) is 5.75 Å². The molecule has 0 N–H and O–H groups in total. The highest BCUT2D eigenvalue weighted by Gasteiger charge is 2.51. The van der Waals surface area contributed by atoms with Gasteiger partial charge in [0.25, 0.3) is 0 Å². The number of carbonyl (C=O) groups excluding carboxylic acids is 1. The van der Waals surface area contributed by atoms with Crippen molar-refractivity contribution in [2.75, 3.05) is 26.9 Å².